The molecule has 1 N–H and O–H groups in total. The number of amides is 1. The Labute approximate surface area is 250 Å². The average molecular weight is 615 g/mol. The minimum atomic E-state index is -4.73. The summed E-state index contributed by atoms with van der Waals surface area (Å²) >= 11 is 0. The predicted octanol–water partition coefficient (Wildman–Crippen LogP) is 6.21. The largest absolute Gasteiger partial charge is 0.573 e. The van der Waals surface area contributed by atoms with Gasteiger partial charge in [0.25, 0.3) is 0 Å². The van der Waals surface area contributed by atoms with E-state index in [0.29, 0.717) is 28.7 Å². The molecule has 2 heterocycles. The topological polar surface area (TPSA) is 108 Å². The van der Waals surface area contributed by atoms with Gasteiger partial charge in [0.1, 0.15) is 23.2 Å². The van der Waals surface area contributed by atoms with E-state index in [2.05, 4.69) is 26.0 Å². The zero-order valence-corrected chi connectivity index (χ0v) is 24.4. The van der Waals surface area contributed by atoms with Crippen molar-refractivity contribution >= 4 is 22.4 Å². The summed E-state index contributed by atoms with van der Waals surface area (Å²) in [5.74, 6) is 1.66. The number of hydrogen-bond donors (Lipinski definition) is 1. The second-order valence-corrected chi connectivity index (χ2v) is 12.7. The summed E-state index contributed by atoms with van der Waals surface area (Å²) in [6, 6.07) is 15.4. The van der Waals surface area contributed by atoms with E-state index >= 15 is 0 Å². The van der Waals surface area contributed by atoms with E-state index in [1.807, 2.05) is 24.3 Å². The summed E-state index contributed by atoms with van der Waals surface area (Å²) in [5, 5.41) is 11.7. The van der Waals surface area contributed by atoms with Gasteiger partial charge in [-0.25, -0.2) is 4.98 Å². The Morgan fingerprint density at radius 3 is 2.23 bits per heavy atom. The van der Waals surface area contributed by atoms with Gasteiger partial charge in [0.15, 0.2) is 0 Å². The van der Waals surface area contributed by atoms with E-state index in [9.17, 15) is 22.2 Å². The first kappa shape index (κ1) is 30.6. The number of rotatable bonds is 6. The number of nitriles is 1. The van der Waals surface area contributed by atoms with Crippen LogP contribution in [0.4, 0.5) is 18.9 Å². The summed E-state index contributed by atoms with van der Waals surface area (Å²) in [7, 11) is -0.719. The third-order valence-corrected chi connectivity index (χ3v) is 9.12. The van der Waals surface area contributed by atoms with Crippen LogP contribution in [0.1, 0.15) is 44.9 Å². The van der Waals surface area contributed by atoms with Gasteiger partial charge in [-0.15, -0.1) is 13.2 Å². The van der Waals surface area contributed by atoms with Crippen LogP contribution in [0.25, 0.3) is 22.7 Å². The van der Waals surface area contributed by atoms with E-state index in [4.69, 9.17) is 9.68 Å². The molecule has 2 aliphatic carbocycles. The highest BCUT2D eigenvalue weighted by atomic mass is 32.2. The van der Waals surface area contributed by atoms with Crippen LogP contribution in [0, 0.1) is 17.2 Å². The third kappa shape index (κ3) is 8.38. The number of benzene rings is 2. The standard InChI is InChI=1S/C20H17F3N2O3S.C11H16N2O/c21-20(22,23)28-17-7-3-15(4-8-17)19-24-18(13-27-19)14-1-5-16(6-2-14)25-9-11-29(26)12-10-25;12-8-11(6-7-11)13-10(14)9-4-2-1-3-5-9/h1-8,13H,9-12H2;9H,1-7H2,(H,13,14). The maximum Gasteiger partial charge on any atom is 0.573 e. The number of anilines is 1. The number of aromatic nitrogens is 1. The SMILES string of the molecule is N#CC1(NC(=O)C2CCCCC2)CC1.O=S1CCN(c2ccc(-c3coc(-c4ccc(OC(F)(F)F)cc4)n3)cc2)CC1. The first-order valence-corrected chi connectivity index (χ1v) is 15.9. The molecule has 2 aromatic carbocycles. The first-order valence-electron chi connectivity index (χ1n) is 14.4. The maximum absolute atomic E-state index is 12.3. The molecule has 1 amide bonds. The molecule has 3 fully saturated rings. The Morgan fingerprint density at radius 1 is 1.02 bits per heavy atom. The van der Waals surface area contributed by atoms with Crippen LogP contribution in [-0.4, -0.2) is 51.6 Å². The molecule has 8 nitrogen and oxygen atoms in total. The lowest BCUT2D eigenvalue weighted by atomic mass is 9.88. The fraction of sp³-hybridized carbons (Fsp3) is 0.452. The lowest BCUT2D eigenvalue weighted by Crippen LogP contribution is -2.40. The van der Waals surface area contributed by atoms with Crippen molar-refractivity contribution in [3.8, 4) is 34.5 Å². The molecule has 0 bridgehead atoms. The molecule has 1 aliphatic heterocycles. The molecule has 0 spiro atoms. The molecule has 2 saturated carbocycles. The number of carbonyl (C=O) groups is 1. The van der Waals surface area contributed by atoms with Gasteiger partial charge in [-0.2, -0.15) is 5.26 Å². The monoisotopic (exact) mass is 614 g/mol. The van der Waals surface area contributed by atoms with Crippen molar-refractivity contribution < 1.29 is 31.3 Å². The van der Waals surface area contributed by atoms with Crippen molar-refractivity contribution in [2.45, 2.75) is 56.8 Å². The quantitative estimate of drug-likeness (QED) is 0.352. The van der Waals surface area contributed by atoms with Crippen LogP contribution in [-0.2, 0) is 15.6 Å². The van der Waals surface area contributed by atoms with Crippen LogP contribution in [0.15, 0.2) is 59.2 Å². The number of oxazole rings is 1. The van der Waals surface area contributed by atoms with E-state index in [1.165, 1.54) is 36.9 Å². The summed E-state index contributed by atoms with van der Waals surface area (Å²) < 4.78 is 57.6. The third-order valence-electron chi connectivity index (χ3n) is 7.85. The molecule has 1 saturated heterocycles. The Kier molecular flexibility index (Phi) is 9.40. The van der Waals surface area contributed by atoms with Gasteiger partial charge in [-0.3, -0.25) is 9.00 Å². The zero-order valence-electron chi connectivity index (χ0n) is 23.6. The molecule has 6 rings (SSSR count). The van der Waals surface area contributed by atoms with E-state index < -0.39 is 22.7 Å². The molecule has 1 aromatic heterocycles. The van der Waals surface area contributed by atoms with E-state index in [1.54, 1.807) is 0 Å². The van der Waals surface area contributed by atoms with Gasteiger partial charge in [0.2, 0.25) is 11.8 Å². The van der Waals surface area contributed by atoms with Crippen LogP contribution in [0.2, 0.25) is 0 Å². The smallest absolute Gasteiger partial charge is 0.444 e. The number of hydrogen-bond acceptors (Lipinski definition) is 7. The molecule has 3 aliphatic rings. The fourth-order valence-corrected chi connectivity index (χ4v) is 6.22. The van der Waals surface area contributed by atoms with E-state index in [0.717, 1.165) is 62.9 Å². The van der Waals surface area contributed by atoms with Crippen molar-refractivity contribution in [3.63, 3.8) is 0 Å². The Bertz CT molecular complexity index is 1450. The van der Waals surface area contributed by atoms with Gasteiger partial charge in [-0.1, -0.05) is 31.4 Å². The average Bonchev–Trinajstić information content (AvgIpc) is 3.61. The van der Waals surface area contributed by atoms with Crippen molar-refractivity contribution in [2.75, 3.05) is 29.5 Å². The number of ether oxygens (including phenoxy) is 1. The fourth-order valence-electron chi connectivity index (χ4n) is 5.17. The Hall–Kier alpha value is -3.85. The van der Waals surface area contributed by atoms with Crippen molar-refractivity contribution in [1.82, 2.24) is 10.3 Å². The summed E-state index contributed by atoms with van der Waals surface area (Å²) in [5.41, 5.74) is 2.62. The van der Waals surface area contributed by atoms with Gasteiger partial charge >= 0.3 is 6.36 Å². The van der Waals surface area contributed by atoms with Gasteiger partial charge in [0.05, 0.1) is 6.07 Å². The molecule has 0 unspecified atom stereocenters. The lowest BCUT2D eigenvalue weighted by Gasteiger charge is -2.28. The maximum atomic E-state index is 12.3. The lowest BCUT2D eigenvalue weighted by molar-refractivity contribution is -0.274. The van der Waals surface area contributed by atoms with Gasteiger partial charge < -0.3 is 19.4 Å². The second kappa shape index (κ2) is 13.2. The molecule has 12 heteroatoms. The number of nitrogens with one attached hydrogen (secondary N) is 1. The second-order valence-electron chi connectivity index (χ2n) is 11.0. The van der Waals surface area contributed by atoms with Gasteiger partial charge in [0, 0.05) is 58.1 Å². The van der Waals surface area contributed by atoms with Crippen molar-refractivity contribution in [1.29, 1.82) is 5.26 Å². The van der Waals surface area contributed by atoms with E-state index in [-0.39, 0.29) is 17.6 Å². The molecular weight excluding hydrogens is 581 g/mol. The number of nitrogens with zero attached hydrogens (tertiary/aromatic N) is 3. The summed E-state index contributed by atoms with van der Waals surface area (Å²) in [6.07, 6.45) is 4.05. The van der Waals surface area contributed by atoms with Crippen molar-refractivity contribution in [2.24, 2.45) is 5.92 Å². The summed E-state index contributed by atoms with van der Waals surface area (Å²) in [6.45, 7) is 1.54. The van der Waals surface area contributed by atoms with Gasteiger partial charge in [-0.05, 0) is 62.1 Å². The predicted molar refractivity (Wildman–Crippen MR) is 156 cm³/mol. The number of carbonyl (C=O) groups excluding carboxylic acids is 1. The van der Waals surface area contributed by atoms with Crippen LogP contribution >= 0.6 is 0 Å². The summed E-state index contributed by atoms with van der Waals surface area (Å²) in [4.78, 5) is 18.4. The molecule has 3 aromatic rings. The highest BCUT2D eigenvalue weighted by Crippen LogP contribution is 2.35. The number of alkyl halides is 3. The molecular formula is C31H33F3N4O4S. The minimum Gasteiger partial charge on any atom is -0.444 e. The van der Waals surface area contributed by atoms with Crippen molar-refractivity contribution in [3.05, 3.63) is 54.8 Å². The number of halogens is 3. The first-order chi connectivity index (χ1) is 20.6. The highest BCUT2D eigenvalue weighted by Gasteiger charge is 2.45. The van der Waals surface area contributed by atoms with Crippen LogP contribution < -0.4 is 15.0 Å². The zero-order chi connectivity index (χ0) is 30.5. The molecule has 0 atom stereocenters. The normalized spacial score (nSPS) is 18.6. The molecule has 0 radical (unpaired) electrons. The van der Waals surface area contributed by atoms with Crippen LogP contribution in [0.3, 0.4) is 0 Å². The minimum absolute atomic E-state index is 0.115. The highest BCUT2D eigenvalue weighted by molar-refractivity contribution is 7.85. The van der Waals surface area contributed by atoms with Crippen LogP contribution in [0.5, 0.6) is 5.75 Å². The molecule has 43 heavy (non-hydrogen) atoms. The Morgan fingerprint density at radius 2 is 1.65 bits per heavy atom. The molecule has 228 valence electrons. The Balaban J connectivity index is 0.000000220.